The van der Waals surface area contributed by atoms with Crippen LogP contribution in [0.5, 0.6) is 11.5 Å². The van der Waals surface area contributed by atoms with Crippen LogP contribution < -0.4 is 9.64 Å². The molecule has 0 aromatic heterocycles. The Kier molecular flexibility index (Phi) is 6.86. The smallest absolute Gasteiger partial charge is 0.416 e. The molecule has 1 saturated heterocycles. The van der Waals surface area contributed by atoms with Gasteiger partial charge in [0, 0.05) is 28.2 Å². The van der Waals surface area contributed by atoms with Gasteiger partial charge >= 0.3 is 12.4 Å². The van der Waals surface area contributed by atoms with Crippen molar-refractivity contribution in [3.05, 3.63) is 87.5 Å². The number of carbonyl (C=O) groups excluding carboxylic acids is 4. The molecule has 3 aliphatic carbocycles. The number of allylic oxidation sites excluding steroid dienone is 6. The third-order valence-corrected chi connectivity index (χ3v) is 8.95. The highest BCUT2D eigenvalue weighted by Crippen LogP contribution is 2.58. The van der Waals surface area contributed by atoms with Gasteiger partial charge in [0.25, 0.3) is 0 Å². The van der Waals surface area contributed by atoms with Gasteiger partial charge in [-0.1, -0.05) is 17.7 Å². The van der Waals surface area contributed by atoms with Gasteiger partial charge in [-0.15, -0.1) is 0 Å². The van der Waals surface area contributed by atoms with Gasteiger partial charge in [0.15, 0.2) is 11.6 Å². The monoisotopic (exact) mass is 631 g/mol. The molecule has 2 aromatic rings. The number of ether oxygens (including phenoxy) is 1. The Morgan fingerprint density at radius 3 is 2.16 bits per heavy atom. The summed E-state index contributed by atoms with van der Waals surface area (Å²) in [4.78, 5) is 54.8. The van der Waals surface area contributed by atoms with Crippen molar-refractivity contribution in [2.45, 2.75) is 38.0 Å². The lowest BCUT2D eigenvalue weighted by atomic mass is 9.59. The molecule has 0 spiro atoms. The highest BCUT2D eigenvalue weighted by atomic mass is 19.4. The van der Waals surface area contributed by atoms with Crippen molar-refractivity contribution in [1.29, 1.82) is 0 Å². The second-order valence-electron chi connectivity index (χ2n) is 11.4. The summed E-state index contributed by atoms with van der Waals surface area (Å²) < 4.78 is 87.2. The molecule has 6 rings (SSSR count). The van der Waals surface area contributed by atoms with Crippen LogP contribution in [0.4, 0.5) is 32.0 Å². The number of phenolic OH excluding ortho intramolecular Hbond substituents is 1. The third-order valence-electron chi connectivity index (χ3n) is 8.95. The Labute approximate surface area is 251 Å². The fraction of sp³-hybridized carbons (Fsp3) is 0.312. The maximum absolute atomic E-state index is 14.0. The number of phenols is 1. The summed E-state index contributed by atoms with van der Waals surface area (Å²) in [6, 6.07) is 4.93. The first-order chi connectivity index (χ1) is 21.0. The predicted octanol–water partition coefficient (Wildman–Crippen LogP) is 6.07. The fourth-order valence-corrected chi connectivity index (χ4v) is 7.02. The number of aromatic hydroxyl groups is 1. The Morgan fingerprint density at radius 2 is 1.56 bits per heavy atom. The lowest BCUT2D eigenvalue weighted by Crippen LogP contribution is -2.40. The zero-order valence-corrected chi connectivity index (χ0v) is 23.5. The van der Waals surface area contributed by atoms with E-state index in [1.54, 1.807) is 6.08 Å². The number of hydrogen-bond donors (Lipinski definition) is 1. The summed E-state index contributed by atoms with van der Waals surface area (Å²) in [6.07, 6.45) is -8.00. The molecular formula is C32H23F6NO6. The molecular weight excluding hydrogens is 608 g/mol. The molecule has 1 fully saturated rings. The number of rotatable bonds is 3. The highest BCUT2D eigenvalue weighted by Gasteiger charge is 2.57. The molecule has 1 aliphatic heterocycles. The minimum Gasteiger partial charge on any atom is -0.507 e. The Balaban J connectivity index is 1.50. The quantitative estimate of drug-likeness (QED) is 0.191. The minimum absolute atomic E-state index is 0.0424. The molecule has 0 unspecified atom stereocenters. The van der Waals surface area contributed by atoms with E-state index in [4.69, 9.17) is 4.74 Å². The van der Waals surface area contributed by atoms with E-state index in [9.17, 15) is 50.6 Å². The van der Waals surface area contributed by atoms with Gasteiger partial charge in [-0.25, -0.2) is 4.90 Å². The molecule has 234 valence electrons. The number of Topliss-reactive ketones (excluding diaryl/α,β-unsaturated/α-hetero) is 1. The molecule has 7 nitrogen and oxygen atoms in total. The normalized spacial score (nSPS) is 25.1. The van der Waals surface area contributed by atoms with E-state index in [1.165, 1.54) is 32.2 Å². The lowest BCUT2D eigenvalue weighted by molar-refractivity contribution is -0.143. The van der Waals surface area contributed by atoms with E-state index < -0.39 is 76.2 Å². The van der Waals surface area contributed by atoms with Crippen molar-refractivity contribution in [2.75, 3.05) is 12.0 Å². The van der Waals surface area contributed by atoms with Crippen LogP contribution in [0.2, 0.25) is 0 Å². The minimum atomic E-state index is -5.21. The van der Waals surface area contributed by atoms with Crippen molar-refractivity contribution in [1.82, 2.24) is 0 Å². The van der Waals surface area contributed by atoms with E-state index >= 15 is 0 Å². The molecule has 13 heteroatoms. The average molecular weight is 632 g/mol. The molecule has 4 atom stereocenters. The number of fused-ring (bicyclic) bond motifs is 3. The number of hydrogen-bond acceptors (Lipinski definition) is 6. The van der Waals surface area contributed by atoms with Crippen LogP contribution in [-0.4, -0.2) is 35.6 Å². The number of carbonyl (C=O) groups is 4. The molecule has 1 N–H and O–H groups in total. The van der Waals surface area contributed by atoms with Gasteiger partial charge in [0.05, 0.1) is 35.8 Å². The first kappa shape index (κ1) is 30.4. The summed E-state index contributed by atoms with van der Waals surface area (Å²) >= 11 is 0. The number of anilines is 1. The number of benzene rings is 2. The fourth-order valence-electron chi connectivity index (χ4n) is 7.02. The SMILES string of the molecule is COc1cccc(O)c1[C@H]1C2=CC[C@@H]3C(=O)N(c4cc(C(F)(F)F)cc(C(F)(F)F)c4)C(=O)[C@@H]3[C@@H]2CC2=C1C(=O)C(C)=CC2=O. The van der Waals surface area contributed by atoms with E-state index in [-0.39, 0.29) is 52.7 Å². The molecule has 0 radical (unpaired) electrons. The molecule has 2 amide bonds. The van der Waals surface area contributed by atoms with Crippen molar-refractivity contribution >= 4 is 29.1 Å². The average Bonchev–Trinajstić information content (AvgIpc) is 3.23. The van der Waals surface area contributed by atoms with Gasteiger partial charge in [0.1, 0.15) is 11.5 Å². The van der Waals surface area contributed by atoms with Gasteiger partial charge in [-0.05, 0) is 62.1 Å². The van der Waals surface area contributed by atoms with Crippen LogP contribution in [0.25, 0.3) is 0 Å². The predicted molar refractivity (Wildman–Crippen MR) is 145 cm³/mol. The standard InChI is InChI=1S/C32H23F6NO6/c1-13-8-22(41)20-12-19-17(25(26(20)28(13)42)27-21(40)4-3-5-23(27)45-2)6-7-18-24(19)30(44)39(29(18)43)16-10-14(31(33,34)35)9-15(11-16)32(36,37)38/h3-6,8-11,18-19,24-25,40H,7,12H2,1-2H3/t18-,19+,24-,25-/m0/s1. The van der Waals surface area contributed by atoms with Crippen molar-refractivity contribution in [2.24, 2.45) is 17.8 Å². The molecule has 2 aromatic carbocycles. The van der Waals surface area contributed by atoms with E-state index in [0.717, 1.165) is 6.08 Å². The molecule has 0 bridgehead atoms. The van der Waals surface area contributed by atoms with Crippen molar-refractivity contribution in [3.63, 3.8) is 0 Å². The van der Waals surface area contributed by atoms with Crippen molar-refractivity contribution in [3.8, 4) is 11.5 Å². The van der Waals surface area contributed by atoms with Crippen LogP contribution >= 0.6 is 0 Å². The Bertz CT molecular complexity index is 1770. The summed E-state index contributed by atoms with van der Waals surface area (Å²) in [5, 5.41) is 11.0. The Morgan fingerprint density at radius 1 is 0.911 bits per heavy atom. The zero-order valence-electron chi connectivity index (χ0n) is 23.5. The molecule has 0 saturated carbocycles. The highest BCUT2D eigenvalue weighted by molar-refractivity contribution is 6.25. The second kappa shape index (κ2) is 10.2. The van der Waals surface area contributed by atoms with E-state index in [2.05, 4.69) is 0 Å². The second-order valence-corrected chi connectivity index (χ2v) is 11.4. The Hall–Kier alpha value is -4.68. The van der Waals surface area contributed by atoms with Crippen LogP contribution in [0.3, 0.4) is 0 Å². The first-order valence-corrected chi connectivity index (χ1v) is 13.8. The summed E-state index contributed by atoms with van der Waals surface area (Å²) in [5.74, 6) is -7.58. The van der Waals surface area contributed by atoms with Crippen LogP contribution in [0.15, 0.2) is 70.8 Å². The van der Waals surface area contributed by atoms with Crippen LogP contribution in [0, 0.1) is 17.8 Å². The van der Waals surface area contributed by atoms with Gasteiger partial charge in [-0.3, -0.25) is 19.2 Å². The maximum Gasteiger partial charge on any atom is 0.416 e. The van der Waals surface area contributed by atoms with Crippen LogP contribution in [-0.2, 0) is 31.5 Å². The van der Waals surface area contributed by atoms with Gasteiger partial charge < -0.3 is 9.84 Å². The number of nitrogens with zero attached hydrogens (tertiary/aromatic N) is 1. The zero-order chi connectivity index (χ0) is 32.7. The molecule has 4 aliphatic rings. The van der Waals surface area contributed by atoms with Crippen LogP contribution in [0.1, 0.15) is 42.4 Å². The topological polar surface area (TPSA) is 101 Å². The number of imide groups is 1. The lowest BCUT2D eigenvalue weighted by Gasteiger charge is -2.42. The van der Waals surface area contributed by atoms with E-state index in [0.29, 0.717) is 22.6 Å². The number of methoxy groups -OCH3 is 1. The van der Waals surface area contributed by atoms with Gasteiger partial charge in [-0.2, -0.15) is 26.3 Å². The number of ketones is 2. The first-order valence-electron chi connectivity index (χ1n) is 13.8. The largest absolute Gasteiger partial charge is 0.507 e. The third kappa shape index (κ3) is 4.67. The number of amides is 2. The van der Waals surface area contributed by atoms with E-state index in [1.807, 2.05) is 0 Å². The van der Waals surface area contributed by atoms with Crippen molar-refractivity contribution < 1.29 is 55.4 Å². The summed E-state index contributed by atoms with van der Waals surface area (Å²) in [5.41, 5.74) is -3.44. The number of halogens is 6. The summed E-state index contributed by atoms with van der Waals surface area (Å²) in [6.45, 7) is 1.46. The van der Waals surface area contributed by atoms with Gasteiger partial charge in [0.2, 0.25) is 11.8 Å². The number of alkyl halides is 6. The summed E-state index contributed by atoms with van der Waals surface area (Å²) in [7, 11) is 1.33. The maximum atomic E-state index is 14.0. The molecule has 45 heavy (non-hydrogen) atoms. The molecule has 1 heterocycles.